The molecule has 0 unspecified atom stereocenters. The van der Waals surface area contributed by atoms with Crippen LogP contribution < -0.4 is 5.73 Å². The van der Waals surface area contributed by atoms with Crippen molar-refractivity contribution in [1.29, 1.82) is 5.41 Å². The molecule has 0 aliphatic carbocycles. The highest BCUT2D eigenvalue weighted by Gasteiger charge is 2.02. The van der Waals surface area contributed by atoms with Crippen LogP contribution in [-0.2, 0) is 6.54 Å². The number of thiophene rings is 1. The van der Waals surface area contributed by atoms with E-state index in [-0.39, 0.29) is 5.84 Å². The van der Waals surface area contributed by atoms with Crippen molar-refractivity contribution in [1.82, 2.24) is 9.78 Å². The fourth-order valence-electron chi connectivity index (χ4n) is 1.18. The first-order valence-corrected chi connectivity index (χ1v) is 5.04. The standard InChI is InChI=1S/C9H10N4S/c10-9(11)6-13-4-3-7(12-13)8-2-1-5-14-8/h1-5H,6H2,(H3,10,11). The predicted molar refractivity (Wildman–Crippen MR) is 57.5 cm³/mol. The fourth-order valence-corrected chi connectivity index (χ4v) is 1.87. The molecule has 72 valence electrons. The Morgan fingerprint density at radius 3 is 3.07 bits per heavy atom. The third-order valence-corrected chi connectivity index (χ3v) is 2.64. The second-order valence-corrected chi connectivity index (χ2v) is 3.85. The Bertz CT molecular complexity index is 429. The third kappa shape index (κ3) is 1.82. The van der Waals surface area contributed by atoms with Gasteiger partial charge in [-0.15, -0.1) is 11.3 Å². The Kier molecular flexibility index (Phi) is 2.32. The minimum absolute atomic E-state index is 0.117. The summed E-state index contributed by atoms with van der Waals surface area (Å²) in [5.41, 5.74) is 6.21. The minimum atomic E-state index is 0.117. The van der Waals surface area contributed by atoms with Crippen LogP contribution in [0.3, 0.4) is 0 Å². The Labute approximate surface area is 85.5 Å². The Morgan fingerprint density at radius 2 is 2.43 bits per heavy atom. The van der Waals surface area contributed by atoms with Crippen LogP contribution in [0.15, 0.2) is 29.8 Å². The van der Waals surface area contributed by atoms with Gasteiger partial charge in [-0.1, -0.05) is 6.07 Å². The van der Waals surface area contributed by atoms with Gasteiger partial charge in [-0.3, -0.25) is 10.1 Å². The molecule has 2 heterocycles. The maximum atomic E-state index is 7.14. The molecular weight excluding hydrogens is 196 g/mol. The van der Waals surface area contributed by atoms with Crippen molar-refractivity contribution in [3.8, 4) is 10.6 Å². The van der Waals surface area contributed by atoms with Gasteiger partial charge < -0.3 is 5.73 Å². The van der Waals surface area contributed by atoms with Crippen molar-refractivity contribution in [2.24, 2.45) is 5.73 Å². The van der Waals surface area contributed by atoms with Gasteiger partial charge in [0.1, 0.15) is 11.5 Å². The molecule has 14 heavy (non-hydrogen) atoms. The van der Waals surface area contributed by atoms with E-state index in [1.54, 1.807) is 16.0 Å². The molecule has 2 rings (SSSR count). The number of nitrogens with one attached hydrogen (secondary N) is 1. The highest BCUT2D eigenvalue weighted by Crippen LogP contribution is 2.21. The number of hydrogen-bond donors (Lipinski definition) is 2. The van der Waals surface area contributed by atoms with Gasteiger partial charge in [-0.25, -0.2) is 0 Å². The van der Waals surface area contributed by atoms with Crippen molar-refractivity contribution in [3.05, 3.63) is 29.8 Å². The Morgan fingerprint density at radius 1 is 1.57 bits per heavy atom. The maximum Gasteiger partial charge on any atom is 0.113 e. The summed E-state index contributed by atoms with van der Waals surface area (Å²) in [7, 11) is 0. The number of nitrogens with zero attached hydrogens (tertiary/aromatic N) is 2. The van der Waals surface area contributed by atoms with Gasteiger partial charge in [0.15, 0.2) is 0 Å². The smallest absolute Gasteiger partial charge is 0.113 e. The van der Waals surface area contributed by atoms with E-state index in [4.69, 9.17) is 11.1 Å². The molecule has 4 nitrogen and oxygen atoms in total. The zero-order valence-corrected chi connectivity index (χ0v) is 8.29. The van der Waals surface area contributed by atoms with Crippen molar-refractivity contribution in [3.63, 3.8) is 0 Å². The summed E-state index contributed by atoms with van der Waals surface area (Å²) in [5.74, 6) is 0.117. The van der Waals surface area contributed by atoms with Gasteiger partial charge in [0.2, 0.25) is 0 Å². The molecular formula is C9H10N4S. The average molecular weight is 206 g/mol. The Balaban J connectivity index is 2.22. The van der Waals surface area contributed by atoms with E-state index in [1.807, 2.05) is 29.8 Å². The molecule has 0 radical (unpaired) electrons. The quantitative estimate of drug-likeness (QED) is 0.591. The minimum Gasteiger partial charge on any atom is -0.386 e. The molecule has 0 aliphatic rings. The monoisotopic (exact) mass is 206 g/mol. The maximum absolute atomic E-state index is 7.14. The molecule has 0 saturated heterocycles. The zero-order chi connectivity index (χ0) is 9.97. The summed E-state index contributed by atoms with van der Waals surface area (Å²) in [4.78, 5) is 1.13. The summed E-state index contributed by atoms with van der Waals surface area (Å²) in [5, 5.41) is 13.4. The molecule has 2 aromatic heterocycles. The van der Waals surface area contributed by atoms with E-state index in [0.717, 1.165) is 10.6 Å². The SMILES string of the molecule is N=C(N)Cn1ccc(-c2cccs2)n1. The van der Waals surface area contributed by atoms with E-state index in [9.17, 15) is 0 Å². The summed E-state index contributed by atoms with van der Waals surface area (Å²) >= 11 is 1.65. The topological polar surface area (TPSA) is 67.7 Å². The largest absolute Gasteiger partial charge is 0.386 e. The second-order valence-electron chi connectivity index (χ2n) is 2.90. The van der Waals surface area contributed by atoms with Crippen molar-refractivity contribution < 1.29 is 0 Å². The van der Waals surface area contributed by atoms with Gasteiger partial charge in [-0.2, -0.15) is 5.10 Å². The van der Waals surface area contributed by atoms with Gasteiger partial charge in [0, 0.05) is 6.20 Å². The van der Waals surface area contributed by atoms with Crippen molar-refractivity contribution in [2.45, 2.75) is 6.54 Å². The lowest BCUT2D eigenvalue weighted by molar-refractivity contribution is 0.721. The summed E-state index contributed by atoms with van der Waals surface area (Å²) in [6.45, 7) is 0.353. The molecule has 0 atom stereocenters. The lowest BCUT2D eigenvalue weighted by Crippen LogP contribution is -2.18. The number of amidine groups is 1. The number of nitrogens with two attached hydrogens (primary N) is 1. The van der Waals surface area contributed by atoms with Gasteiger partial charge in [-0.05, 0) is 17.5 Å². The molecule has 3 N–H and O–H groups in total. The molecule has 0 spiro atoms. The molecule has 0 amide bonds. The fraction of sp³-hybridized carbons (Fsp3) is 0.111. The lowest BCUT2D eigenvalue weighted by Gasteiger charge is -1.97. The highest BCUT2D eigenvalue weighted by molar-refractivity contribution is 7.13. The number of rotatable bonds is 3. The summed E-state index contributed by atoms with van der Waals surface area (Å²) in [6.07, 6.45) is 1.83. The number of hydrogen-bond acceptors (Lipinski definition) is 3. The van der Waals surface area contributed by atoms with Crippen molar-refractivity contribution >= 4 is 17.2 Å². The summed E-state index contributed by atoms with van der Waals surface area (Å²) in [6, 6.07) is 5.93. The molecule has 2 aromatic rings. The van der Waals surface area contributed by atoms with E-state index in [0.29, 0.717) is 6.54 Å². The van der Waals surface area contributed by atoms with Crippen LogP contribution in [0.5, 0.6) is 0 Å². The lowest BCUT2D eigenvalue weighted by atomic mass is 10.3. The van der Waals surface area contributed by atoms with Crippen LogP contribution in [0.4, 0.5) is 0 Å². The van der Waals surface area contributed by atoms with Crippen LogP contribution in [-0.4, -0.2) is 15.6 Å². The molecule has 0 fully saturated rings. The highest BCUT2D eigenvalue weighted by atomic mass is 32.1. The average Bonchev–Trinajstić information content (AvgIpc) is 2.69. The van der Waals surface area contributed by atoms with E-state index >= 15 is 0 Å². The van der Waals surface area contributed by atoms with Gasteiger partial charge >= 0.3 is 0 Å². The van der Waals surface area contributed by atoms with Crippen LogP contribution in [0.25, 0.3) is 10.6 Å². The first-order chi connectivity index (χ1) is 6.75. The molecule has 0 bridgehead atoms. The molecule has 0 aromatic carbocycles. The van der Waals surface area contributed by atoms with E-state index < -0.39 is 0 Å². The molecule has 0 saturated carbocycles. The first kappa shape index (κ1) is 8.96. The molecule has 0 aliphatic heterocycles. The van der Waals surface area contributed by atoms with Crippen LogP contribution in [0, 0.1) is 5.41 Å². The zero-order valence-electron chi connectivity index (χ0n) is 7.47. The van der Waals surface area contributed by atoms with Crippen LogP contribution in [0.1, 0.15) is 0 Å². The first-order valence-electron chi connectivity index (χ1n) is 4.16. The van der Waals surface area contributed by atoms with E-state index in [1.165, 1.54) is 0 Å². The predicted octanol–water partition coefficient (Wildman–Crippen LogP) is 1.55. The van der Waals surface area contributed by atoms with Gasteiger partial charge in [0.25, 0.3) is 0 Å². The Hall–Kier alpha value is -1.62. The van der Waals surface area contributed by atoms with Crippen LogP contribution in [0.2, 0.25) is 0 Å². The van der Waals surface area contributed by atoms with E-state index in [2.05, 4.69) is 5.10 Å². The number of aromatic nitrogens is 2. The molecule has 5 heteroatoms. The van der Waals surface area contributed by atoms with Gasteiger partial charge in [0.05, 0.1) is 11.4 Å². The second kappa shape index (κ2) is 3.63. The summed E-state index contributed by atoms with van der Waals surface area (Å²) < 4.78 is 1.66. The van der Waals surface area contributed by atoms with Crippen molar-refractivity contribution in [2.75, 3.05) is 0 Å². The normalized spacial score (nSPS) is 10.3. The van der Waals surface area contributed by atoms with Crippen LogP contribution >= 0.6 is 11.3 Å². The third-order valence-electron chi connectivity index (χ3n) is 1.75.